The minimum atomic E-state index is -0.000686. The van der Waals surface area contributed by atoms with Gasteiger partial charge in [-0.15, -0.1) is 0 Å². The average Bonchev–Trinajstić information content (AvgIpc) is 2.59. The van der Waals surface area contributed by atoms with Crippen LogP contribution in [0.25, 0.3) is 0 Å². The van der Waals surface area contributed by atoms with Crippen molar-refractivity contribution in [2.75, 3.05) is 31.1 Å². The van der Waals surface area contributed by atoms with E-state index in [-0.39, 0.29) is 11.8 Å². The molecule has 1 fully saturated rings. The maximum atomic E-state index is 12.1. The van der Waals surface area contributed by atoms with Crippen LogP contribution < -0.4 is 16.0 Å². The lowest BCUT2D eigenvalue weighted by Gasteiger charge is -2.32. The van der Waals surface area contributed by atoms with Crippen LogP contribution in [-0.4, -0.2) is 42.1 Å². The van der Waals surface area contributed by atoms with Crippen molar-refractivity contribution in [3.63, 3.8) is 0 Å². The molecule has 1 atom stereocenters. The lowest BCUT2D eigenvalue weighted by Crippen LogP contribution is -2.44. The number of hydrogen-bond donors (Lipinski definition) is 2. The Morgan fingerprint density at radius 1 is 1.36 bits per heavy atom. The van der Waals surface area contributed by atoms with Crippen molar-refractivity contribution in [3.8, 4) is 0 Å². The molecule has 1 unspecified atom stereocenters. The molecule has 3 N–H and O–H groups in total. The Morgan fingerprint density at radius 2 is 2.05 bits per heavy atom. The van der Waals surface area contributed by atoms with Gasteiger partial charge in [-0.2, -0.15) is 0 Å². The summed E-state index contributed by atoms with van der Waals surface area (Å²) in [5, 5.41) is 2.89. The number of nitrogens with zero attached hydrogens (tertiary/aromatic N) is 3. The number of hydrogen-bond acceptors (Lipinski definition) is 5. The Morgan fingerprint density at radius 3 is 2.64 bits per heavy atom. The molecule has 0 saturated carbocycles. The van der Waals surface area contributed by atoms with Gasteiger partial charge < -0.3 is 16.0 Å². The van der Waals surface area contributed by atoms with Gasteiger partial charge in [-0.3, -0.25) is 4.79 Å². The number of carbonyl (C=O) groups excluding carboxylic acids is 1. The smallest absolute Gasteiger partial charge is 0.225 e. The van der Waals surface area contributed by atoms with E-state index in [9.17, 15) is 4.79 Å². The third kappa shape index (κ3) is 4.16. The monoisotopic (exact) mass is 305 g/mol. The maximum absolute atomic E-state index is 12.1. The quantitative estimate of drug-likeness (QED) is 0.815. The number of nitrogens with one attached hydrogen (secondary N) is 1. The fourth-order valence-corrected chi connectivity index (χ4v) is 2.75. The predicted octanol–water partition coefficient (Wildman–Crippen LogP) is 0.893. The van der Waals surface area contributed by atoms with Crippen LogP contribution in [0.2, 0.25) is 0 Å². The van der Waals surface area contributed by atoms with Crippen molar-refractivity contribution in [3.05, 3.63) is 17.5 Å². The summed E-state index contributed by atoms with van der Waals surface area (Å²) < 4.78 is 0. The highest BCUT2D eigenvalue weighted by Gasteiger charge is 2.27. The second-order valence-electron chi connectivity index (χ2n) is 5.72. The molecule has 122 valence electrons. The Labute approximate surface area is 132 Å². The fraction of sp³-hybridized carbons (Fsp3) is 0.688. The third-order valence-electron chi connectivity index (χ3n) is 4.06. The number of anilines is 1. The molecule has 1 aliphatic rings. The van der Waals surface area contributed by atoms with Crippen LogP contribution in [0.4, 0.5) is 5.95 Å². The van der Waals surface area contributed by atoms with Gasteiger partial charge in [0.25, 0.3) is 0 Å². The molecule has 6 nitrogen and oxygen atoms in total. The van der Waals surface area contributed by atoms with Gasteiger partial charge in [0, 0.05) is 37.6 Å². The normalized spacial score (nSPS) is 18.3. The standard InChI is InChI=1S/C16H27N5O/c1-3-13-10-14(4-2)20-16(19-13)21-9-5-6-12(11-21)15(22)18-8-7-17/h10,12H,3-9,11,17H2,1-2H3,(H,18,22). The molecule has 1 saturated heterocycles. The predicted molar refractivity (Wildman–Crippen MR) is 87.8 cm³/mol. The number of nitrogens with two attached hydrogens (primary N) is 1. The first-order chi connectivity index (χ1) is 10.7. The molecular formula is C16H27N5O. The molecular weight excluding hydrogens is 278 g/mol. The lowest BCUT2D eigenvalue weighted by atomic mass is 9.97. The zero-order valence-electron chi connectivity index (χ0n) is 13.6. The highest BCUT2D eigenvalue weighted by atomic mass is 16.1. The Kier molecular flexibility index (Phi) is 6.12. The van der Waals surface area contributed by atoms with Crippen LogP contribution >= 0.6 is 0 Å². The number of piperidine rings is 1. The summed E-state index contributed by atoms with van der Waals surface area (Å²) in [6.07, 6.45) is 3.70. The van der Waals surface area contributed by atoms with E-state index in [0.717, 1.165) is 49.6 Å². The second-order valence-corrected chi connectivity index (χ2v) is 5.72. The van der Waals surface area contributed by atoms with E-state index >= 15 is 0 Å². The summed E-state index contributed by atoms with van der Waals surface area (Å²) in [5.41, 5.74) is 7.58. The van der Waals surface area contributed by atoms with E-state index in [1.807, 2.05) is 0 Å². The van der Waals surface area contributed by atoms with Gasteiger partial charge in [0.05, 0.1) is 5.92 Å². The molecule has 0 aliphatic carbocycles. The highest BCUT2D eigenvalue weighted by Crippen LogP contribution is 2.21. The van der Waals surface area contributed by atoms with Crippen LogP contribution in [0.3, 0.4) is 0 Å². The maximum Gasteiger partial charge on any atom is 0.225 e. The SMILES string of the molecule is CCc1cc(CC)nc(N2CCCC(C(=O)NCCN)C2)n1. The van der Waals surface area contributed by atoms with Crippen molar-refractivity contribution < 1.29 is 4.79 Å². The van der Waals surface area contributed by atoms with E-state index in [0.29, 0.717) is 19.6 Å². The Bertz CT molecular complexity index is 483. The van der Waals surface area contributed by atoms with Gasteiger partial charge in [-0.05, 0) is 31.7 Å². The van der Waals surface area contributed by atoms with Crippen molar-refractivity contribution in [2.45, 2.75) is 39.5 Å². The topological polar surface area (TPSA) is 84.1 Å². The summed E-state index contributed by atoms with van der Waals surface area (Å²) in [5.74, 6) is 0.865. The zero-order valence-corrected chi connectivity index (χ0v) is 13.6. The zero-order chi connectivity index (χ0) is 15.9. The average molecular weight is 305 g/mol. The molecule has 1 aromatic rings. The van der Waals surface area contributed by atoms with Gasteiger partial charge >= 0.3 is 0 Å². The first-order valence-electron chi connectivity index (χ1n) is 8.27. The Hall–Kier alpha value is -1.69. The van der Waals surface area contributed by atoms with Gasteiger partial charge in [-0.1, -0.05) is 13.8 Å². The molecule has 2 rings (SSSR count). The largest absolute Gasteiger partial charge is 0.355 e. The van der Waals surface area contributed by atoms with Crippen LogP contribution in [0, 0.1) is 5.92 Å². The second kappa shape index (κ2) is 8.08. The molecule has 1 amide bonds. The van der Waals surface area contributed by atoms with E-state index in [1.165, 1.54) is 0 Å². The summed E-state index contributed by atoms with van der Waals surface area (Å²) in [6.45, 7) is 6.82. The van der Waals surface area contributed by atoms with Gasteiger partial charge in [0.2, 0.25) is 11.9 Å². The van der Waals surface area contributed by atoms with E-state index < -0.39 is 0 Å². The molecule has 22 heavy (non-hydrogen) atoms. The molecule has 0 radical (unpaired) electrons. The molecule has 0 bridgehead atoms. The minimum Gasteiger partial charge on any atom is -0.355 e. The van der Waals surface area contributed by atoms with E-state index in [4.69, 9.17) is 5.73 Å². The molecule has 1 aromatic heterocycles. The van der Waals surface area contributed by atoms with Crippen molar-refractivity contribution in [2.24, 2.45) is 11.7 Å². The van der Waals surface area contributed by atoms with Crippen LogP contribution in [0.5, 0.6) is 0 Å². The van der Waals surface area contributed by atoms with Crippen LogP contribution in [-0.2, 0) is 17.6 Å². The molecule has 0 aromatic carbocycles. The van der Waals surface area contributed by atoms with Gasteiger partial charge in [0.15, 0.2) is 0 Å². The fourth-order valence-electron chi connectivity index (χ4n) is 2.75. The van der Waals surface area contributed by atoms with Crippen molar-refractivity contribution in [1.82, 2.24) is 15.3 Å². The summed E-state index contributed by atoms with van der Waals surface area (Å²) in [6, 6.07) is 2.07. The van der Waals surface area contributed by atoms with Gasteiger partial charge in [0.1, 0.15) is 0 Å². The number of aromatic nitrogens is 2. The Balaban J connectivity index is 2.10. The number of carbonyl (C=O) groups is 1. The minimum absolute atomic E-state index is 0.000686. The third-order valence-corrected chi connectivity index (χ3v) is 4.06. The molecule has 1 aliphatic heterocycles. The first-order valence-corrected chi connectivity index (χ1v) is 8.27. The van der Waals surface area contributed by atoms with Gasteiger partial charge in [-0.25, -0.2) is 9.97 Å². The van der Waals surface area contributed by atoms with Crippen LogP contribution in [0.1, 0.15) is 38.1 Å². The summed E-state index contributed by atoms with van der Waals surface area (Å²) in [4.78, 5) is 23.6. The molecule has 6 heteroatoms. The summed E-state index contributed by atoms with van der Waals surface area (Å²) >= 11 is 0. The van der Waals surface area contributed by atoms with Crippen molar-refractivity contribution >= 4 is 11.9 Å². The summed E-state index contributed by atoms with van der Waals surface area (Å²) in [7, 11) is 0. The van der Waals surface area contributed by atoms with E-state index in [1.54, 1.807) is 0 Å². The highest BCUT2D eigenvalue weighted by molar-refractivity contribution is 5.79. The lowest BCUT2D eigenvalue weighted by molar-refractivity contribution is -0.125. The number of rotatable bonds is 6. The first kappa shape index (κ1) is 16.7. The molecule has 0 spiro atoms. The van der Waals surface area contributed by atoms with Crippen LogP contribution in [0.15, 0.2) is 6.07 Å². The molecule has 2 heterocycles. The number of amides is 1. The van der Waals surface area contributed by atoms with Crippen molar-refractivity contribution in [1.29, 1.82) is 0 Å². The van der Waals surface area contributed by atoms with E-state index in [2.05, 4.69) is 40.1 Å². The number of aryl methyl sites for hydroxylation is 2.